The third-order valence-electron chi connectivity index (χ3n) is 5.12. The average Bonchev–Trinajstić information content (AvgIpc) is 3.08. The maximum absolute atomic E-state index is 12.9. The average molecular weight is 372 g/mol. The van der Waals surface area contributed by atoms with E-state index in [0.29, 0.717) is 11.3 Å². The second-order valence-electron chi connectivity index (χ2n) is 7.14. The Balaban J connectivity index is 1.66. The molecule has 1 aliphatic rings. The minimum Gasteiger partial charge on any atom is -0.313 e. The molecule has 0 fully saturated rings. The molecule has 0 unspecified atom stereocenters. The van der Waals surface area contributed by atoms with Crippen molar-refractivity contribution in [3.63, 3.8) is 0 Å². The third kappa shape index (κ3) is 2.80. The molecule has 1 aliphatic heterocycles. The van der Waals surface area contributed by atoms with Gasteiger partial charge in [0, 0.05) is 43.0 Å². The molecule has 0 bridgehead atoms. The fourth-order valence-electron chi connectivity index (χ4n) is 3.72. The molecule has 0 saturated carbocycles. The zero-order valence-corrected chi connectivity index (χ0v) is 15.8. The summed E-state index contributed by atoms with van der Waals surface area (Å²) in [7, 11) is 1.89. The van der Waals surface area contributed by atoms with E-state index in [1.807, 2.05) is 44.6 Å². The van der Waals surface area contributed by atoms with Gasteiger partial charge in [0.05, 0.1) is 22.6 Å². The molecule has 0 aliphatic carbocycles. The Morgan fingerprint density at radius 3 is 2.82 bits per heavy atom. The summed E-state index contributed by atoms with van der Waals surface area (Å²) in [4.78, 5) is 22.3. The SMILES string of the molecule is Cc1nc(C2=CCNCC2)cn2c(=O)cc(-c3ccc4nn(C)cc4c3)nc12. The van der Waals surface area contributed by atoms with Crippen LogP contribution < -0.4 is 10.9 Å². The van der Waals surface area contributed by atoms with Crippen LogP contribution in [0.2, 0.25) is 0 Å². The van der Waals surface area contributed by atoms with Crippen LogP contribution in [0.5, 0.6) is 0 Å². The van der Waals surface area contributed by atoms with Gasteiger partial charge in [-0.2, -0.15) is 5.10 Å². The molecule has 7 heteroatoms. The van der Waals surface area contributed by atoms with Crippen molar-refractivity contribution < 1.29 is 0 Å². The van der Waals surface area contributed by atoms with Crippen molar-refractivity contribution in [2.24, 2.45) is 7.05 Å². The summed E-state index contributed by atoms with van der Waals surface area (Å²) in [6.45, 7) is 3.66. The molecule has 4 aromatic rings. The molecule has 3 aromatic heterocycles. The Kier molecular flexibility index (Phi) is 3.84. The van der Waals surface area contributed by atoms with Gasteiger partial charge in [-0.1, -0.05) is 12.1 Å². The largest absolute Gasteiger partial charge is 0.313 e. The van der Waals surface area contributed by atoms with Gasteiger partial charge in [0.1, 0.15) is 0 Å². The lowest BCUT2D eigenvalue weighted by atomic mass is 10.1. The quantitative estimate of drug-likeness (QED) is 0.584. The fourth-order valence-corrected chi connectivity index (χ4v) is 3.72. The van der Waals surface area contributed by atoms with Crippen molar-refractivity contribution in [1.29, 1.82) is 0 Å². The standard InChI is InChI=1S/C21H20N6O/c1-13-21-24-18(15-3-4-17-16(9-15)11-26(2)25-17)10-20(28)27(21)12-19(23-13)14-5-7-22-8-6-14/h3-5,9-12,22H,6-8H2,1-2H3. The van der Waals surface area contributed by atoms with Crippen LogP contribution in [0.15, 0.2) is 47.5 Å². The Morgan fingerprint density at radius 1 is 1.11 bits per heavy atom. The van der Waals surface area contributed by atoms with Crippen LogP contribution in [0.25, 0.3) is 33.4 Å². The smallest absolute Gasteiger partial charge is 0.258 e. The van der Waals surface area contributed by atoms with Crippen LogP contribution in [0.1, 0.15) is 17.8 Å². The maximum atomic E-state index is 12.9. The fraction of sp³-hybridized carbons (Fsp3) is 0.238. The summed E-state index contributed by atoms with van der Waals surface area (Å²) in [6, 6.07) is 7.50. The van der Waals surface area contributed by atoms with Crippen molar-refractivity contribution in [2.45, 2.75) is 13.3 Å². The highest BCUT2D eigenvalue weighted by Gasteiger charge is 2.13. The van der Waals surface area contributed by atoms with Gasteiger partial charge in [-0.15, -0.1) is 0 Å². The first-order chi connectivity index (χ1) is 13.6. The van der Waals surface area contributed by atoms with E-state index in [9.17, 15) is 4.79 Å². The Labute approximate surface area is 161 Å². The van der Waals surface area contributed by atoms with Crippen LogP contribution in [-0.2, 0) is 7.05 Å². The summed E-state index contributed by atoms with van der Waals surface area (Å²) >= 11 is 0. The minimum absolute atomic E-state index is 0.104. The first-order valence-electron chi connectivity index (χ1n) is 9.33. The normalized spacial score (nSPS) is 14.6. The molecule has 140 valence electrons. The Hall–Kier alpha value is -3.32. The zero-order valence-electron chi connectivity index (χ0n) is 15.8. The van der Waals surface area contributed by atoms with E-state index in [-0.39, 0.29) is 5.56 Å². The number of aryl methyl sites for hydroxylation is 2. The summed E-state index contributed by atoms with van der Waals surface area (Å²) in [5.41, 5.74) is 5.71. The van der Waals surface area contributed by atoms with Gasteiger partial charge in [0.15, 0.2) is 5.65 Å². The maximum Gasteiger partial charge on any atom is 0.258 e. The molecule has 7 nitrogen and oxygen atoms in total. The van der Waals surface area contributed by atoms with E-state index < -0.39 is 0 Å². The van der Waals surface area contributed by atoms with Crippen molar-refractivity contribution in [3.8, 4) is 11.3 Å². The van der Waals surface area contributed by atoms with Crippen molar-refractivity contribution in [2.75, 3.05) is 13.1 Å². The van der Waals surface area contributed by atoms with Crippen LogP contribution in [0.4, 0.5) is 0 Å². The van der Waals surface area contributed by atoms with E-state index in [1.54, 1.807) is 15.1 Å². The highest BCUT2D eigenvalue weighted by molar-refractivity contribution is 5.83. The van der Waals surface area contributed by atoms with Gasteiger partial charge in [-0.3, -0.25) is 13.9 Å². The van der Waals surface area contributed by atoms with Gasteiger partial charge >= 0.3 is 0 Å². The summed E-state index contributed by atoms with van der Waals surface area (Å²) in [6.07, 6.45) is 6.80. The second kappa shape index (κ2) is 6.38. The summed E-state index contributed by atoms with van der Waals surface area (Å²) in [5, 5.41) is 8.71. The molecule has 1 aromatic carbocycles. The highest BCUT2D eigenvalue weighted by atomic mass is 16.1. The molecule has 4 heterocycles. The number of rotatable bonds is 2. The topological polar surface area (TPSA) is 77.1 Å². The number of aromatic nitrogens is 5. The molecule has 1 N–H and O–H groups in total. The van der Waals surface area contributed by atoms with Crippen LogP contribution in [0.3, 0.4) is 0 Å². The molecule has 0 saturated heterocycles. The molecular weight excluding hydrogens is 352 g/mol. The van der Waals surface area contributed by atoms with Crippen LogP contribution >= 0.6 is 0 Å². The van der Waals surface area contributed by atoms with Gasteiger partial charge < -0.3 is 5.32 Å². The monoisotopic (exact) mass is 372 g/mol. The number of nitrogens with zero attached hydrogens (tertiary/aromatic N) is 5. The summed E-state index contributed by atoms with van der Waals surface area (Å²) in [5.74, 6) is 0. The number of nitrogens with one attached hydrogen (secondary N) is 1. The van der Waals surface area contributed by atoms with Crippen LogP contribution in [-0.4, -0.2) is 37.2 Å². The van der Waals surface area contributed by atoms with E-state index in [2.05, 4.69) is 16.5 Å². The van der Waals surface area contributed by atoms with Crippen molar-refractivity contribution in [1.82, 2.24) is 29.5 Å². The molecule has 0 radical (unpaired) electrons. The third-order valence-corrected chi connectivity index (χ3v) is 5.12. The lowest BCUT2D eigenvalue weighted by Gasteiger charge is -2.15. The summed E-state index contributed by atoms with van der Waals surface area (Å²) < 4.78 is 3.38. The predicted octanol–water partition coefficient (Wildman–Crippen LogP) is 2.33. The number of hydrogen-bond acceptors (Lipinski definition) is 5. The van der Waals surface area contributed by atoms with Gasteiger partial charge in [0.25, 0.3) is 5.56 Å². The Morgan fingerprint density at radius 2 is 2.00 bits per heavy atom. The minimum atomic E-state index is -0.104. The molecule has 0 spiro atoms. The molecule has 0 atom stereocenters. The lowest BCUT2D eigenvalue weighted by molar-refractivity contribution is 0.735. The first kappa shape index (κ1) is 16.8. The number of hydrogen-bond donors (Lipinski definition) is 1. The first-order valence-corrected chi connectivity index (χ1v) is 9.33. The van der Waals surface area contributed by atoms with Crippen molar-refractivity contribution >= 4 is 22.1 Å². The van der Waals surface area contributed by atoms with E-state index in [4.69, 9.17) is 9.97 Å². The van der Waals surface area contributed by atoms with E-state index >= 15 is 0 Å². The van der Waals surface area contributed by atoms with Gasteiger partial charge in [0.2, 0.25) is 0 Å². The zero-order chi connectivity index (χ0) is 19.3. The van der Waals surface area contributed by atoms with Crippen molar-refractivity contribution in [3.05, 3.63) is 64.5 Å². The predicted molar refractivity (Wildman–Crippen MR) is 109 cm³/mol. The van der Waals surface area contributed by atoms with Gasteiger partial charge in [-0.05, 0) is 37.6 Å². The van der Waals surface area contributed by atoms with Gasteiger partial charge in [-0.25, -0.2) is 9.97 Å². The number of fused-ring (bicyclic) bond motifs is 2. The highest BCUT2D eigenvalue weighted by Crippen LogP contribution is 2.23. The molecule has 5 rings (SSSR count). The Bertz CT molecular complexity index is 1310. The van der Waals surface area contributed by atoms with E-state index in [1.165, 1.54) is 5.57 Å². The van der Waals surface area contributed by atoms with Crippen LogP contribution in [0, 0.1) is 6.92 Å². The lowest BCUT2D eigenvalue weighted by Crippen LogP contribution is -2.21. The second-order valence-corrected chi connectivity index (χ2v) is 7.14. The molecule has 0 amide bonds. The van der Waals surface area contributed by atoms with E-state index in [0.717, 1.165) is 47.4 Å². The molecule has 28 heavy (non-hydrogen) atoms. The number of benzene rings is 1. The molecular formula is C21H20N6O.